The van der Waals surface area contributed by atoms with Gasteiger partial charge in [0.05, 0.1) is 54.2 Å². The predicted octanol–water partition coefficient (Wildman–Crippen LogP) is 3.25. The molecule has 0 bridgehead atoms. The third-order valence-corrected chi connectivity index (χ3v) is 11.3. The Morgan fingerprint density at radius 2 is 2.06 bits per heavy atom. The zero-order valence-electron chi connectivity index (χ0n) is 29.5. The molecule has 1 aliphatic carbocycles. The maximum atomic E-state index is 14.4. The van der Waals surface area contributed by atoms with Gasteiger partial charge in [-0.2, -0.15) is 25.6 Å². The summed E-state index contributed by atoms with van der Waals surface area (Å²) < 4.78 is 29.1. The Labute approximate surface area is 302 Å². The lowest BCUT2D eigenvalue weighted by Crippen LogP contribution is -2.41. The van der Waals surface area contributed by atoms with E-state index in [-0.39, 0.29) is 25.1 Å². The average Bonchev–Trinajstić information content (AvgIpc) is 3.76. The fraction of sp³-hybridized carbons (Fsp3) is 0.526. The highest BCUT2D eigenvalue weighted by Gasteiger charge is 2.48. The highest BCUT2D eigenvalue weighted by atomic mass is 19.1. The molecule has 52 heavy (non-hydrogen) atoms. The van der Waals surface area contributed by atoms with Crippen molar-refractivity contribution in [2.45, 2.75) is 82.0 Å². The van der Waals surface area contributed by atoms with Crippen LogP contribution in [0.25, 0.3) is 0 Å². The summed E-state index contributed by atoms with van der Waals surface area (Å²) in [6, 6.07) is 10.4. The third kappa shape index (κ3) is 5.78. The number of alkyl halides is 1. The number of hydrogen-bond donors (Lipinski definition) is 1. The number of aromatic nitrogens is 4. The van der Waals surface area contributed by atoms with Gasteiger partial charge in [0.25, 0.3) is 5.91 Å². The van der Waals surface area contributed by atoms with Crippen molar-refractivity contribution in [1.82, 2.24) is 29.5 Å². The molecule has 4 aliphatic heterocycles. The zero-order chi connectivity index (χ0) is 36.2. The van der Waals surface area contributed by atoms with Crippen LogP contribution in [0.4, 0.5) is 15.9 Å². The molecule has 3 aromatic rings. The molecule has 0 saturated carbocycles. The Morgan fingerprint density at radius 3 is 2.87 bits per heavy atom. The van der Waals surface area contributed by atoms with Crippen LogP contribution in [-0.4, -0.2) is 87.5 Å². The van der Waals surface area contributed by atoms with Crippen LogP contribution in [-0.2, 0) is 42.9 Å². The molecule has 0 radical (unpaired) electrons. The van der Waals surface area contributed by atoms with E-state index in [1.807, 2.05) is 11.0 Å². The summed E-state index contributed by atoms with van der Waals surface area (Å²) in [5, 5.41) is 25.0. The topological polar surface area (TPSA) is 162 Å². The molecule has 1 amide bonds. The van der Waals surface area contributed by atoms with Gasteiger partial charge in [0, 0.05) is 56.8 Å². The summed E-state index contributed by atoms with van der Waals surface area (Å²) in [5.41, 5.74) is 10.4. The van der Waals surface area contributed by atoms with Crippen LogP contribution >= 0.6 is 0 Å². The first-order valence-corrected chi connectivity index (χ1v) is 17.9. The average molecular weight is 705 g/mol. The van der Waals surface area contributed by atoms with Crippen molar-refractivity contribution in [3.63, 3.8) is 0 Å². The van der Waals surface area contributed by atoms with Crippen LogP contribution in [0.1, 0.15) is 76.2 Å². The number of fused-ring (bicyclic) bond motifs is 5. The van der Waals surface area contributed by atoms with E-state index in [1.54, 1.807) is 30.9 Å². The van der Waals surface area contributed by atoms with Gasteiger partial charge in [-0.25, -0.2) is 4.39 Å². The van der Waals surface area contributed by atoms with Crippen LogP contribution in [0, 0.1) is 40.4 Å². The number of rotatable bonds is 4. The Hall–Kier alpha value is -5.23. The van der Waals surface area contributed by atoms with E-state index in [4.69, 9.17) is 25.2 Å². The van der Waals surface area contributed by atoms with E-state index in [2.05, 4.69) is 34.0 Å². The van der Waals surface area contributed by atoms with Crippen molar-refractivity contribution in [3.05, 3.63) is 57.5 Å². The molecular formula is C38H41FN10O3. The van der Waals surface area contributed by atoms with Gasteiger partial charge in [-0.05, 0) is 56.3 Å². The summed E-state index contributed by atoms with van der Waals surface area (Å²) in [7, 11) is 3.35. The number of nitrogens with zero attached hydrogens (tertiary/aromatic N) is 9. The summed E-state index contributed by atoms with van der Waals surface area (Å²) in [4.78, 5) is 28.3. The fourth-order valence-corrected chi connectivity index (χ4v) is 8.87. The second-order valence-corrected chi connectivity index (χ2v) is 14.8. The number of nitrogens with two attached hydrogens (primary N) is 1. The molecular weight excluding hydrogens is 663 g/mol. The molecule has 13 nitrogen and oxygen atoms in total. The lowest BCUT2D eigenvalue weighted by molar-refractivity contribution is -0.0856. The molecule has 4 atom stereocenters. The first-order valence-electron chi connectivity index (χ1n) is 17.9. The molecule has 2 unspecified atom stereocenters. The lowest BCUT2D eigenvalue weighted by atomic mass is 9.72. The van der Waals surface area contributed by atoms with E-state index >= 15 is 0 Å². The van der Waals surface area contributed by atoms with Gasteiger partial charge >= 0.3 is 6.01 Å². The van der Waals surface area contributed by atoms with Crippen LogP contribution in [0.15, 0.2) is 18.2 Å². The minimum absolute atomic E-state index is 0.0218. The number of amides is 1. The van der Waals surface area contributed by atoms with Crippen LogP contribution in [0.2, 0.25) is 0 Å². The predicted molar refractivity (Wildman–Crippen MR) is 187 cm³/mol. The van der Waals surface area contributed by atoms with Crippen molar-refractivity contribution in [3.8, 4) is 30.0 Å². The molecule has 2 aromatic heterocycles. The quantitative estimate of drug-likeness (QED) is 0.314. The zero-order valence-corrected chi connectivity index (χ0v) is 29.5. The van der Waals surface area contributed by atoms with Crippen LogP contribution in [0.3, 0.4) is 0 Å². The summed E-state index contributed by atoms with van der Waals surface area (Å²) >= 11 is 0. The molecule has 268 valence electrons. The van der Waals surface area contributed by atoms with Gasteiger partial charge in [0.15, 0.2) is 12.3 Å². The summed E-state index contributed by atoms with van der Waals surface area (Å²) in [5.74, 6) is 6.38. The van der Waals surface area contributed by atoms with Crippen LogP contribution < -0.4 is 15.4 Å². The van der Waals surface area contributed by atoms with Crippen molar-refractivity contribution < 1.29 is 18.7 Å². The summed E-state index contributed by atoms with van der Waals surface area (Å²) in [6.45, 7) is 2.47. The number of ether oxygens (including phenoxy) is 2. The molecule has 2 saturated heterocycles. The Morgan fingerprint density at radius 1 is 1.19 bits per heavy atom. The standard InChI is InChI=1S/C38H41FN10O3/c1-46(2)35(50)31-14-27-22-47(19-24(17-40)20-49(27)45-31)34-29-23-52-38(11-3-6-25-7-8-30(42)28(18-41)33(25)38)16-32(29)43-36(44-34)51-13-5-10-37-9-4-12-48(37)21-26(39)15-37/h7-8,14,24,26H,3-4,6,9,11-13,15-16,19-23,42H2,1-2H3/t24-,26?,37?,38-/m0/s1. The second-order valence-electron chi connectivity index (χ2n) is 14.8. The number of anilines is 2. The van der Waals surface area contributed by atoms with E-state index in [0.29, 0.717) is 68.2 Å². The number of aryl methyl sites for hydroxylation is 1. The Kier molecular flexibility index (Phi) is 8.52. The van der Waals surface area contributed by atoms with Crippen LogP contribution in [0.5, 0.6) is 6.01 Å². The largest absolute Gasteiger partial charge is 0.450 e. The minimum Gasteiger partial charge on any atom is -0.450 e. The van der Waals surface area contributed by atoms with E-state index < -0.39 is 23.2 Å². The van der Waals surface area contributed by atoms with Gasteiger partial charge in [-0.15, -0.1) is 0 Å². The number of halogens is 1. The highest BCUT2D eigenvalue weighted by Crippen LogP contribution is 2.48. The molecule has 14 heteroatoms. The normalized spacial score (nSPS) is 26.1. The van der Waals surface area contributed by atoms with Crippen molar-refractivity contribution >= 4 is 17.4 Å². The monoisotopic (exact) mass is 704 g/mol. The Balaban J connectivity index is 1.18. The fourth-order valence-electron chi connectivity index (χ4n) is 8.87. The molecule has 5 aliphatic rings. The number of carbonyl (C=O) groups excluding carboxylic acids is 1. The first kappa shape index (κ1) is 33.9. The number of nitrogen functional groups attached to an aromatic ring is 1. The van der Waals surface area contributed by atoms with Crippen molar-refractivity contribution in [1.29, 1.82) is 10.5 Å². The third-order valence-electron chi connectivity index (χ3n) is 11.3. The molecule has 8 rings (SSSR count). The van der Waals surface area contributed by atoms with Gasteiger partial charge in [0.2, 0.25) is 0 Å². The number of benzene rings is 1. The van der Waals surface area contributed by atoms with Gasteiger partial charge < -0.3 is 25.0 Å². The minimum atomic E-state index is -0.877. The smallest absolute Gasteiger partial charge is 0.319 e. The van der Waals surface area contributed by atoms with E-state index in [0.717, 1.165) is 60.3 Å². The number of carbonyl (C=O) groups is 1. The van der Waals surface area contributed by atoms with Gasteiger partial charge in [-0.3, -0.25) is 14.4 Å². The van der Waals surface area contributed by atoms with E-state index in [1.165, 1.54) is 4.90 Å². The number of nitriles is 2. The molecule has 1 aromatic carbocycles. The number of hydrogen-bond acceptors (Lipinski definition) is 11. The lowest BCUT2D eigenvalue weighted by Gasteiger charge is -2.43. The molecule has 2 fully saturated rings. The van der Waals surface area contributed by atoms with Crippen molar-refractivity contribution in [2.75, 3.05) is 51.0 Å². The summed E-state index contributed by atoms with van der Waals surface area (Å²) in [6.07, 6.45) is 4.12. The first-order chi connectivity index (χ1) is 25.1. The highest BCUT2D eigenvalue weighted by molar-refractivity contribution is 5.92. The van der Waals surface area contributed by atoms with Gasteiger partial charge in [-0.1, -0.05) is 17.9 Å². The molecule has 2 N–H and O–H groups in total. The Bertz CT molecular complexity index is 2090. The van der Waals surface area contributed by atoms with Gasteiger partial charge in [0.1, 0.15) is 23.7 Å². The molecule has 1 spiro atoms. The SMILES string of the molecule is CN(C)C(=O)c1cc2n(n1)C[C@@H](C#N)CN(c1nc(OCC#CC34CCCN3CC(F)C4)nc3c1CO[C@@]1(CCCc4ccc(N)c(C#N)c41)C3)C2. The molecule has 6 heterocycles. The maximum Gasteiger partial charge on any atom is 0.319 e. The van der Waals surface area contributed by atoms with Crippen molar-refractivity contribution in [2.24, 2.45) is 5.92 Å². The maximum absolute atomic E-state index is 14.4. The van der Waals surface area contributed by atoms with E-state index in [9.17, 15) is 19.7 Å². The second kappa shape index (κ2) is 13.1.